The highest BCUT2D eigenvalue weighted by atomic mass is 19.4. The second kappa shape index (κ2) is 7.29. The van der Waals surface area contributed by atoms with E-state index in [1.54, 1.807) is 13.8 Å². The van der Waals surface area contributed by atoms with Crippen molar-refractivity contribution < 1.29 is 27.4 Å². The molecule has 1 saturated heterocycles. The molecule has 8 nitrogen and oxygen atoms in total. The second-order valence-corrected chi connectivity index (χ2v) is 6.61. The Bertz CT molecular complexity index is 837. The summed E-state index contributed by atoms with van der Waals surface area (Å²) < 4.78 is 51.4. The number of hydrogen-bond acceptors (Lipinski definition) is 7. The first-order chi connectivity index (χ1) is 12.7. The van der Waals surface area contributed by atoms with Gasteiger partial charge in [0.05, 0.1) is 18.8 Å². The van der Waals surface area contributed by atoms with Crippen molar-refractivity contribution in [2.75, 3.05) is 18.5 Å². The van der Waals surface area contributed by atoms with Crippen molar-refractivity contribution >= 4 is 17.4 Å². The van der Waals surface area contributed by atoms with Gasteiger partial charge in [0.25, 0.3) is 0 Å². The van der Waals surface area contributed by atoms with E-state index in [0.29, 0.717) is 13.0 Å². The highest BCUT2D eigenvalue weighted by molar-refractivity contribution is 5.66. The molecule has 0 spiro atoms. The molecule has 0 aromatic carbocycles. The lowest BCUT2D eigenvalue weighted by Crippen LogP contribution is -2.44. The molecule has 2 aromatic rings. The Labute approximate surface area is 153 Å². The quantitative estimate of drug-likeness (QED) is 0.806. The zero-order chi connectivity index (χ0) is 19.8. The number of aromatic nitrogens is 4. The molecule has 0 unspecified atom stereocenters. The first-order valence-electron chi connectivity index (χ1n) is 8.51. The maximum atomic E-state index is 13.2. The lowest BCUT2D eigenvalue weighted by molar-refractivity contribution is -0.153. The van der Waals surface area contributed by atoms with Gasteiger partial charge in [0.2, 0.25) is 5.95 Å². The van der Waals surface area contributed by atoms with E-state index in [0.717, 1.165) is 10.7 Å². The average molecular weight is 387 g/mol. The lowest BCUT2D eigenvalue weighted by Gasteiger charge is -2.31. The van der Waals surface area contributed by atoms with Crippen LogP contribution in [-0.2, 0) is 20.4 Å². The molecule has 2 aromatic heterocycles. The Morgan fingerprint density at radius 3 is 2.81 bits per heavy atom. The maximum Gasteiger partial charge on any atom is 0.435 e. The SMILES string of the molecule is CC(=O)O[C@@H]1COCC[C@H]1Nc1ncc2c(C(F)(F)F)nc(C(C)C)n2n1. The molecule has 11 heteroatoms. The van der Waals surface area contributed by atoms with Crippen molar-refractivity contribution in [2.24, 2.45) is 0 Å². The van der Waals surface area contributed by atoms with Gasteiger partial charge in [-0.3, -0.25) is 4.79 Å². The molecule has 3 heterocycles. The van der Waals surface area contributed by atoms with Crippen LogP contribution < -0.4 is 5.32 Å². The van der Waals surface area contributed by atoms with Crippen molar-refractivity contribution in [3.63, 3.8) is 0 Å². The number of nitrogens with one attached hydrogen (secondary N) is 1. The van der Waals surface area contributed by atoms with Crippen molar-refractivity contribution in [2.45, 2.75) is 51.4 Å². The summed E-state index contributed by atoms with van der Waals surface area (Å²) in [6, 6.07) is -0.312. The van der Waals surface area contributed by atoms with E-state index in [1.165, 1.54) is 6.92 Å². The van der Waals surface area contributed by atoms with Crippen LogP contribution in [0.1, 0.15) is 44.6 Å². The lowest BCUT2D eigenvalue weighted by atomic mass is 10.1. The second-order valence-electron chi connectivity index (χ2n) is 6.61. The number of ether oxygens (including phenoxy) is 2. The number of alkyl halides is 3. The third-order valence-electron chi connectivity index (χ3n) is 4.14. The van der Waals surface area contributed by atoms with E-state index >= 15 is 0 Å². The number of esters is 1. The summed E-state index contributed by atoms with van der Waals surface area (Å²) in [7, 11) is 0. The van der Waals surface area contributed by atoms with Gasteiger partial charge in [0.15, 0.2) is 5.69 Å². The Kier molecular flexibility index (Phi) is 5.22. The normalized spacial score (nSPS) is 20.9. The van der Waals surface area contributed by atoms with Crippen LogP contribution >= 0.6 is 0 Å². The number of anilines is 1. The van der Waals surface area contributed by atoms with Gasteiger partial charge in [-0.2, -0.15) is 13.2 Å². The fourth-order valence-corrected chi connectivity index (χ4v) is 2.93. The Morgan fingerprint density at radius 1 is 1.44 bits per heavy atom. The molecular formula is C16H20F3N5O3. The Morgan fingerprint density at radius 2 is 2.19 bits per heavy atom. The number of carbonyl (C=O) groups is 1. The molecule has 0 bridgehead atoms. The predicted octanol–water partition coefficient (Wildman–Crippen LogP) is 2.40. The molecular weight excluding hydrogens is 367 g/mol. The summed E-state index contributed by atoms with van der Waals surface area (Å²) in [6.45, 7) is 5.45. The zero-order valence-electron chi connectivity index (χ0n) is 15.1. The first kappa shape index (κ1) is 19.3. The smallest absolute Gasteiger partial charge is 0.435 e. The van der Waals surface area contributed by atoms with Crippen LogP contribution in [0.5, 0.6) is 0 Å². The van der Waals surface area contributed by atoms with E-state index in [1.807, 2.05) is 0 Å². The standard InChI is InChI=1S/C16H20F3N5O3/c1-8(2)14-22-13(16(17,18)19)11-6-20-15(23-24(11)14)21-10-4-5-26-7-12(10)27-9(3)25/h6,8,10,12H,4-5,7H2,1-3H3,(H,21,23)/t10-,12-/m1/s1. The fraction of sp³-hybridized carbons (Fsp3) is 0.625. The van der Waals surface area contributed by atoms with E-state index in [9.17, 15) is 18.0 Å². The summed E-state index contributed by atoms with van der Waals surface area (Å²) >= 11 is 0. The van der Waals surface area contributed by atoms with Crippen molar-refractivity contribution in [1.82, 2.24) is 19.6 Å². The largest absolute Gasteiger partial charge is 0.458 e. The van der Waals surface area contributed by atoms with Gasteiger partial charge in [-0.25, -0.2) is 14.5 Å². The molecule has 1 fully saturated rings. The van der Waals surface area contributed by atoms with Gasteiger partial charge in [-0.05, 0) is 6.42 Å². The molecule has 27 heavy (non-hydrogen) atoms. The predicted molar refractivity (Wildman–Crippen MR) is 88.3 cm³/mol. The number of halogens is 3. The molecule has 0 saturated carbocycles. The van der Waals surface area contributed by atoms with Crippen molar-refractivity contribution in [3.8, 4) is 0 Å². The highest BCUT2D eigenvalue weighted by Crippen LogP contribution is 2.33. The zero-order valence-corrected chi connectivity index (χ0v) is 15.1. The number of carbonyl (C=O) groups excluding carboxylic acids is 1. The molecule has 148 valence electrons. The minimum absolute atomic E-state index is 0.125. The van der Waals surface area contributed by atoms with E-state index in [2.05, 4.69) is 20.4 Å². The Hall–Kier alpha value is -2.43. The summed E-state index contributed by atoms with van der Waals surface area (Å²) in [5.74, 6) is -0.403. The summed E-state index contributed by atoms with van der Waals surface area (Å²) in [6.07, 6.45) is -3.50. The number of hydrogen-bond donors (Lipinski definition) is 1. The van der Waals surface area contributed by atoms with Crippen LogP contribution in [-0.4, -0.2) is 50.9 Å². The minimum Gasteiger partial charge on any atom is -0.458 e. The van der Waals surface area contributed by atoms with E-state index in [4.69, 9.17) is 9.47 Å². The van der Waals surface area contributed by atoms with Gasteiger partial charge in [0, 0.05) is 19.4 Å². The molecule has 3 rings (SSSR count). The van der Waals surface area contributed by atoms with Crippen LogP contribution in [0.4, 0.5) is 19.1 Å². The maximum absolute atomic E-state index is 13.2. The molecule has 1 aliphatic rings. The van der Waals surface area contributed by atoms with Crippen LogP contribution in [0, 0.1) is 0 Å². The van der Waals surface area contributed by atoms with E-state index in [-0.39, 0.29) is 35.9 Å². The summed E-state index contributed by atoms with van der Waals surface area (Å²) in [4.78, 5) is 19.0. The van der Waals surface area contributed by atoms with Gasteiger partial charge >= 0.3 is 12.1 Å². The third-order valence-corrected chi connectivity index (χ3v) is 4.14. The first-order valence-corrected chi connectivity index (χ1v) is 8.51. The minimum atomic E-state index is -4.60. The van der Waals surface area contributed by atoms with Crippen LogP contribution in [0.25, 0.3) is 5.52 Å². The summed E-state index contributed by atoms with van der Waals surface area (Å²) in [5, 5.41) is 7.22. The number of nitrogens with zero attached hydrogens (tertiary/aromatic N) is 4. The number of fused-ring (bicyclic) bond motifs is 1. The van der Waals surface area contributed by atoms with Crippen LogP contribution in [0.2, 0.25) is 0 Å². The van der Waals surface area contributed by atoms with Crippen LogP contribution in [0.3, 0.4) is 0 Å². The highest BCUT2D eigenvalue weighted by Gasteiger charge is 2.38. The number of rotatable bonds is 4. The molecule has 2 atom stereocenters. The molecule has 1 N–H and O–H groups in total. The van der Waals surface area contributed by atoms with Gasteiger partial charge in [-0.15, -0.1) is 5.10 Å². The fourth-order valence-electron chi connectivity index (χ4n) is 2.93. The van der Waals surface area contributed by atoms with E-state index < -0.39 is 23.9 Å². The monoisotopic (exact) mass is 387 g/mol. The van der Waals surface area contributed by atoms with Crippen molar-refractivity contribution in [1.29, 1.82) is 0 Å². The van der Waals surface area contributed by atoms with Gasteiger partial charge < -0.3 is 14.8 Å². The molecule has 1 aliphatic heterocycles. The molecule has 0 amide bonds. The molecule has 0 aliphatic carbocycles. The Balaban J connectivity index is 1.94. The van der Waals surface area contributed by atoms with Gasteiger partial charge in [0.1, 0.15) is 17.4 Å². The third kappa shape index (κ3) is 4.12. The van der Waals surface area contributed by atoms with Crippen molar-refractivity contribution in [3.05, 3.63) is 17.7 Å². The number of imidazole rings is 1. The van der Waals surface area contributed by atoms with Crippen LogP contribution in [0.15, 0.2) is 6.20 Å². The summed E-state index contributed by atoms with van der Waals surface area (Å²) in [5.41, 5.74) is -1.22. The molecule has 0 radical (unpaired) electrons. The topological polar surface area (TPSA) is 90.6 Å². The average Bonchev–Trinajstić information content (AvgIpc) is 2.95. The van der Waals surface area contributed by atoms with Gasteiger partial charge in [-0.1, -0.05) is 13.8 Å².